The number of aldehydes is 1. The number of hydrogen-bond donors (Lipinski definition) is 1. The fourth-order valence-corrected chi connectivity index (χ4v) is 2.72. The number of carbonyl (C=O) groups is 3. The summed E-state index contributed by atoms with van der Waals surface area (Å²) in [5.41, 5.74) is 1.80. The Morgan fingerprint density at radius 3 is 2.07 bits per heavy atom. The van der Waals surface area contributed by atoms with E-state index in [9.17, 15) is 14.4 Å². The number of nitrogens with one attached hydrogen (secondary N) is 1. The van der Waals surface area contributed by atoms with Crippen molar-refractivity contribution in [1.29, 1.82) is 0 Å². The molecule has 1 atom stereocenters. The predicted octanol–water partition coefficient (Wildman–Crippen LogP) is 3.92. The van der Waals surface area contributed by atoms with Crippen molar-refractivity contribution >= 4 is 18.5 Å². The van der Waals surface area contributed by atoms with Gasteiger partial charge in [0.25, 0.3) is 0 Å². The molecule has 0 spiro atoms. The Hall–Kier alpha value is -3.35. The third-order valence-electron chi connectivity index (χ3n) is 4.46. The highest BCUT2D eigenvalue weighted by Gasteiger charge is 2.14. The molecule has 2 aromatic rings. The Labute approximate surface area is 177 Å². The maximum atomic E-state index is 12.0. The molecule has 0 bridgehead atoms. The zero-order valence-electron chi connectivity index (χ0n) is 17.2. The van der Waals surface area contributed by atoms with Gasteiger partial charge in [0, 0.05) is 13.6 Å². The Kier molecular flexibility index (Phi) is 9.92. The zero-order chi connectivity index (χ0) is 21.6. The lowest BCUT2D eigenvalue weighted by atomic mass is 10.1. The van der Waals surface area contributed by atoms with Crippen LogP contribution >= 0.6 is 0 Å². The average molecular weight is 412 g/mol. The van der Waals surface area contributed by atoms with Gasteiger partial charge < -0.3 is 24.5 Å². The maximum absolute atomic E-state index is 12.0. The number of amides is 2. The quantitative estimate of drug-likeness (QED) is 0.447. The number of hydrogen-bond acceptors (Lipinski definition) is 5. The topological polar surface area (TPSA) is 84.9 Å². The Morgan fingerprint density at radius 2 is 1.50 bits per heavy atom. The fraction of sp³-hybridized carbons (Fsp3) is 0.348. The molecule has 2 aromatic carbocycles. The smallest absolute Gasteiger partial charge is 0.409 e. The van der Waals surface area contributed by atoms with Crippen LogP contribution < -0.4 is 5.32 Å². The Bertz CT molecular complexity index is 783. The largest absolute Gasteiger partial charge is 0.445 e. The number of unbranched alkanes of at least 4 members (excludes halogenated alkanes) is 1. The van der Waals surface area contributed by atoms with Crippen LogP contribution in [0.2, 0.25) is 0 Å². The van der Waals surface area contributed by atoms with E-state index in [2.05, 4.69) is 5.32 Å². The number of ether oxygens (including phenoxy) is 2. The van der Waals surface area contributed by atoms with Crippen molar-refractivity contribution in [2.24, 2.45) is 0 Å². The van der Waals surface area contributed by atoms with E-state index in [0.29, 0.717) is 32.1 Å². The zero-order valence-corrected chi connectivity index (χ0v) is 17.2. The van der Waals surface area contributed by atoms with Crippen molar-refractivity contribution in [3.63, 3.8) is 0 Å². The first-order valence-electron chi connectivity index (χ1n) is 9.93. The van der Waals surface area contributed by atoms with E-state index in [1.807, 2.05) is 60.7 Å². The average Bonchev–Trinajstić information content (AvgIpc) is 2.79. The minimum absolute atomic E-state index is 0.147. The van der Waals surface area contributed by atoms with Gasteiger partial charge in [-0.15, -0.1) is 0 Å². The van der Waals surface area contributed by atoms with Crippen LogP contribution in [0.3, 0.4) is 0 Å². The van der Waals surface area contributed by atoms with Crippen LogP contribution in [0.5, 0.6) is 0 Å². The fourth-order valence-electron chi connectivity index (χ4n) is 2.72. The second-order valence-corrected chi connectivity index (χ2v) is 6.91. The van der Waals surface area contributed by atoms with Gasteiger partial charge in [-0.1, -0.05) is 60.7 Å². The highest BCUT2D eigenvalue weighted by atomic mass is 16.6. The van der Waals surface area contributed by atoms with Gasteiger partial charge in [-0.3, -0.25) is 0 Å². The first-order chi connectivity index (χ1) is 14.6. The van der Waals surface area contributed by atoms with Gasteiger partial charge in [-0.2, -0.15) is 0 Å². The molecule has 0 radical (unpaired) electrons. The summed E-state index contributed by atoms with van der Waals surface area (Å²) >= 11 is 0. The third-order valence-corrected chi connectivity index (χ3v) is 4.46. The summed E-state index contributed by atoms with van der Waals surface area (Å²) in [7, 11) is 1.67. The molecule has 0 fully saturated rings. The monoisotopic (exact) mass is 412 g/mol. The Morgan fingerprint density at radius 1 is 0.933 bits per heavy atom. The molecule has 30 heavy (non-hydrogen) atoms. The second-order valence-electron chi connectivity index (χ2n) is 6.91. The van der Waals surface area contributed by atoms with Gasteiger partial charge in [0.2, 0.25) is 0 Å². The molecule has 0 aromatic heterocycles. The highest BCUT2D eigenvalue weighted by molar-refractivity contribution is 5.73. The molecule has 0 unspecified atom stereocenters. The number of nitrogens with zero attached hydrogens (tertiary/aromatic N) is 1. The molecule has 160 valence electrons. The van der Waals surface area contributed by atoms with Gasteiger partial charge in [0.15, 0.2) is 0 Å². The molecule has 0 saturated carbocycles. The molecule has 0 aliphatic heterocycles. The van der Waals surface area contributed by atoms with Gasteiger partial charge in [-0.25, -0.2) is 9.59 Å². The third kappa shape index (κ3) is 8.77. The molecule has 7 nitrogen and oxygen atoms in total. The van der Waals surface area contributed by atoms with E-state index in [0.717, 1.165) is 11.1 Å². The van der Waals surface area contributed by atoms with E-state index in [1.165, 1.54) is 4.90 Å². The van der Waals surface area contributed by atoms with Crippen LogP contribution in [0, 0.1) is 0 Å². The standard InChI is InChI=1S/C23H28N2O5/c1-25(23(28)30-18-20-12-6-3-7-13-20)15-9-8-14-21(16-26)24-22(27)29-17-19-10-4-2-5-11-19/h2-7,10-13,16,21H,8-9,14-15,17-18H2,1H3,(H,24,27)/t21-/m0/s1. The van der Waals surface area contributed by atoms with E-state index in [-0.39, 0.29) is 13.2 Å². The van der Waals surface area contributed by atoms with Crippen LogP contribution in [0.15, 0.2) is 60.7 Å². The molecule has 2 rings (SSSR count). The van der Waals surface area contributed by atoms with E-state index < -0.39 is 18.2 Å². The summed E-state index contributed by atoms with van der Waals surface area (Å²) in [6.45, 7) is 0.873. The lowest BCUT2D eigenvalue weighted by molar-refractivity contribution is -0.109. The van der Waals surface area contributed by atoms with Crippen molar-refractivity contribution in [1.82, 2.24) is 10.2 Å². The summed E-state index contributed by atoms with van der Waals surface area (Å²) in [6.07, 6.45) is 1.49. The summed E-state index contributed by atoms with van der Waals surface area (Å²) in [5.74, 6) is 0. The summed E-state index contributed by atoms with van der Waals surface area (Å²) in [5, 5.41) is 2.55. The second kappa shape index (κ2) is 13.0. The van der Waals surface area contributed by atoms with Gasteiger partial charge in [0.05, 0.1) is 6.04 Å². The minimum atomic E-state index is -0.627. The summed E-state index contributed by atoms with van der Waals surface area (Å²) < 4.78 is 10.4. The van der Waals surface area contributed by atoms with Gasteiger partial charge >= 0.3 is 12.2 Å². The van der Waals surface area contributed by atoms with Gasteiger partial charge in [0.1, 0.15) is 19.5 Å². The molecule has 2 amide bonds. The van der Waals surface area contributed by atoms with Crippen molar-refractivity contribution < 1.29 is 23.9 Å². The molecule has 0 aliphatic rings. The molecule has 0 saturated heterocycles. The molecule has 0 heterocycles. The van der Waals surface area contributed by atoms with Gasteiger partial charge in [-0.05, 0) is 30.4 Å². The van der Waals surface area contributed by atoms with Crippen molar-refractivity contribution in [2.75, 3.05) is 13.6 Å². The summed E-state index contributed by atoms with van der Waals surface area (Å²) in [6, 6.07) is 18.2. The maximum Gasteiger partial charge on any atom is 0.409 e. The Balaban J connectivity index is 1.59. The number of carbonyl (C=O) groups excluding carboxylic acids is 3. The molecular weight excluding hydrogens is 384 g/mol. The minimum Gasteiger partial charge on any atom is -0.445 e. The highest BCUT2D eigenvalue weighted by Crippen LogP contribution is 2.06. The number of rotatable bonds is 11. The van der Waals surface area contributed by atoms with Crippen molar-refractivity contribution in [3.05, 3.63) is 71.8 Å². The van der Waals surface area contributed by atoms with Crippen LogP contribution in [0.25, 0.3) is 0 Å². The van der Waals surface area contributed by atoms with E-state index in [4.69, 9.17) is 9.47 Å². The lowest BCUT2D eigenvalue weighted by Crippen LogP contribution is -2.36. The summed E-state index contributed by atoms with van der Waals surface area (Å²) in [4.78, 5) is 36.6. The van der Waals surface area contributed by atoms with Crippen LogP contribution in [0.1, 0.15) is 30.4 Å². The van der Waals surface area contributed by atoms with E-state index >= 15 is 0 Å². The normalized spacial score (nSPS) is 11.2. The van der Waals surface area contributed by atoms with Crippen LogP contribution in [0.4, 0.5) is 9.59 Å². The van der Waals surface area contributed by atoms with E-state index in [1.54, 1.807) is 7.05 Å². The van der Waals surface area contributed by atoms with Crippen LogP contribution in [-0.4, -0.2) is 43.0 Å². The van der Waals surface area contributed by atoms with Crippen molar-refractivity contribution in [2.45, 2.75) is 38.5 Å². The first-order valence-corrected chi connectivity index (χ1v) is 9.93. The lowest BCUT2D eigenvalue weighted by Gasteiger charge is -2.18. The van der Waals surface area contributed by atoms with Crippen molar-refractivity contribution in [3.8, 4) is 0 Å². The SMILES string of the molecule is CN(CCCC[C@@H](C=O)NC(=O)OCc1ccccc1)C(=O)OCc1ccccc1. The van der Waals surface area contributed by atoms with Crippen LogP contribution in [-0.2, 0) is 27.5 Å². The first kappa shape index (κ1) is 22.9. The predicted molar refractivity (Wildman–Crippen MR) is 113 cm³/mol. The molecular formula is C23H28N2O5. The molecule has 7 heteroatoms. The number of alkyl carbamates (subject to hydrolysis) is 1. The number of benzene rings is 2. The molecule has 1 N–H and O–H groups in total. The molecule has 0 aliphatic carbocycles.